The maximum atomic E-state index is 11.5. The van der Waals surface area contributed by atoms with Crippen LogP contribution in [0.3, 0.4) is 0 Å². The number of benzene rings is 2. The van der Waals surface area contributed by atoms with Crippen molar-refractivity contribution in [2.24, 2.45) is 5.10 Å². The number of carbonyl (C=O) groups is 2. The number of hydrogen-bond acceptors (Lipinski definition) is 6. The lowest BCUT2D eigenvalue weighted by Gasteiger charge is -2.11. The van der Waals surface area contributed by atoms with Gasteiger partial charge in [-0.1, -0.05) is 12.1 Å². The lowest BCUT2D eigenvalue weighted by atomic mass is 10.1. The van der Waals surface area contributed by atoms with E-state index >= 15 is 0 Å². The zero-order chi connectivity index (χ0) is 19.1. The van der Waals surface area contributed by atoms with Gasteiger partial charge in [0.2, 0.25) is 0 Å². The van der Waals surface area contributed by atoms with E-state index in [0.29, 0.717) is 11.4 Å². The second kappa shape index (κ2) is 8.66. The largest absolute Gasteiger partial charge is 0.545 e. The molecule has 7 nitrogen and oxygen atoms in total. The highest BCUT2D eigenvalue weighted by Crippen LogP contribution is 2.14. The first-order valence-corrected chi connectivity index (χ1v) is 7.92. The number of likely N-dealkylation sites (N-methyl/N-ethyl adjacent to an activating group) is 1. The molecule has 2 aromatic rings. The smallest absolute Gasteiger partial charge is 0.259 e. The number of hydrogen-bond donors (Lipinski definition) is 1. The molecule has 2 aromatic carbocycles. The molecule has 0 atom stereocenters. The number of amides is 1. The van der Waals surface area contributed by atoms with Crippen molar-refractivity contribution in [2.45, 2.75) is 6.92 Å². The lowest BCUT2D eigenvalue weighted by molar-refractivity contribution is -0.255. The molecule has 0 fully saturated rings. The van der Waals surface area contributed by atoms with Gasteiger partial charge in [0.25, 0.3) is 5.91 Å². The minimum Gasteiger partial charge on any atom is -0.545 e. The average Bonchev–Trinajstić information content (AvgIpc) is 2.64. The Morgan fingerprint density at radius 3 is 2.15 bits per heavy atom. The Kier molecular flexibility index (Phi) is 6.32. The Hall–Kier alpha value is -3.35. The highest BCUT2D eigenvalue weighted by molar-refractivity contribution is 5.99. The van der Waals surface area contributed by atoms with Crippen molar-refractivity contribution in [3.05, 3.63) is 59.7 Å². The van der Waals surface area contributed by atoms with Crippen LogP contribution < -0.4 is 15.3 Å². The second-order valence-corrected chi connectivity index (χ2v) is 5.78. The van der Waals surface area contributed by atoms with Gasteiger partial charge in [0.05, 0.1) is 17.4 Å². The summed E-state index contributed by atoms with van der Waals surface area (Å²) in [5, 5.41) is 15.0. The SMILES string of the molecule is C/C(=N/Nc1ccc(C(=O)[O-])cc1)c1ccc(OCC(=O)N(C)C)cc1. The molecule has 0 radical (unpaired) electrons. The van der Waals surface area contributed by atoms with Crippen molar-refractivity contribution in [2.75, 3.05) is 26.1 Å². The predicted octanol–water partition coefficient (Wildman–Crippen LogP) is 1.35. The minimum atomic E-state index is -1.22. The quantitative estimate of drug-likeness (QED) is 0.598. The summed E-state index contributed by atoms with van der Waals surface area (Å²) in [5.41, 5.74) is 5.27. The van der Waals surface area contributed by atoms with Gasteiger partial charge in [-0.15, -0.1) is 0 Å². The Labute approximate surface area is 151 Å². The van der Waals surface area contributed by atoms with E-state index in [2.05, 4.69) is 10.5 Å². The van der Waals surface area contributed by atoms with Gasteiger partial charge in [0.15, 0.2) is 6.61 Å². The zero-order valence-corrected chi connectivity index (χ0v) is 14.9. The van der Waals surface area contributed by atoms with Crippen molar-refractivity contribution < 1.29 is 19.4 Å². The van der Waals surface area contributed by atoms with Crippen molar-refractivity contribution >= 4 is 23.3 Å². The Morgan fingerprint density at radius 2 is 1.62 bits per heavy atom. The summed E-state index contributed by atoms with van der Waals surface area (Å²) in [6.45, 7) is 1.83. The second-order valence-electron chi connectivity index (χ2n) is 5.78. The summed E-state index contributed by atoms with van der Waals surface area (Å²) in [7, 11) is 3.35. The van der Waals surface area contributed by atoms with Gasteiger partial charge < -0.3 is 19.5 Å². The molecule has 0 bridgehead atoms. The summed E-state index contributed by atoms with van der Waals surface area (Å²) in [4.78, 5) is 23.7. The van der Waals surface area contributed by atoms with Crippen LogP contribution in [0.1, 0.15) is 22.8 Å². The number of hydrazone groups is 1. The first-order valence-electron chi connectivity index (χ1n) is 7.92. The molecule has 1 N–H and O–H groups in total. The third-order valence-electron chi connectivity index (χ3n) is 3.61. The Balaban J connectivity index is 1.96. The number of rotatable bonds is 7. The number of carbonyl (C=O) groups excluding carboxylic acids is 2. The summed E-state index contributed by atoms with van der Waals surface area (Å²) in [6, 6.07) is 13.3. The van der Waals surface area contributed by atoms with E-state index in [1.54, 1.807) is 38.4 Å². The molecule has 2 rings (SSSR count). The van der Waals surface area contributed by atoms with E-state index in [9.17, 15) is 14.7 Å². The van der Waals surface area contributed by atoms with E-state index in [1.165, 1.54) is 17.0 Å². The van der Waals surface area contributed by atoms with Crippen molar-refractivity contribution in [3.63, 3.8) is 0 Å². The fourth-order valence-corrected chi connectivity index (χ4v) is 1.96. The van der Waals surface area contributed by atoms with Crippen LogP contribution in [-0.4, -0.2) is 43.2 Å². The number of carboxylic acid groups (broad SMARTS) is 1. The predicted molar refractivity (Wildman–Crippen MR) is 97.2 cm³/mol. The molecule has 0 spiro atoms. The van der Waals surface area contributed by atoms with E-state index in [1.807, 2.05) is 19.1 Å². The van der Waals surface area contributed by atoms with Crippen LogP contribution in [0.15, 0.2) is 53.6 Å². The molecule has 26 heavy (non-hydrogen) atoms. The van der Waals surface area contributed by atoms with Gasteiger partial charge in [-0.2, -0.15) is 5.10 Å². The molecule has 0 aliphatic rings. The van der Waals surface area contributed by atoms with E-state index < -0.39 is 5.97 Å². The zero-order valence-electron chi connectivity index (χ0n) is 14.9. The third kappa shape index (κ3) is 5.34. The topological polar surface area (TPSA) is 94.1 Å². The number of aromatic carboxylic acids is 1. The summed E-state index contributed by atoms with van der Waals surface area (Å²) < 4.78 is 5.42. The van der Waals surface area contributed by atoms with E-state index in [4.69, 9.17) is 4.74 Å². The number of carboxylic acids is 1. The molecular formula is C19H20N3O4-. The number of ether oxygens (including phenoxy) is 1. The van der Waals surface area contributed by atoms with Gasteiger partial charge in [-0.25, -0.2) is 0 Å². The monoisotopic (exact) mass is 354 g/mol. The molecular weight excluding hydrogens is 334 g/mol. The summed E-state index contributed by atoms with van der Waals surface area (Å²) in [6.07, 6.45) is 0. The molecule has 0 saturated heterocycles. The molecule has 7 heteroatoms. The summed E-state index contributed by atoms with van der Waals surface area (Å²) >= 11 is 0. The first kappa shape index (κ1) is 19.0. The van der Waals surface area contributed by atoms with Crippen LogP contribution in [-0.2, 0) is 4.79 Å². The molecule has 0 aliphatic heterocycles. The fraction of sp³-hybridized carbons (Fsp3) is 0.211. The van der Waals surface area contributed by atoms with Gasteiger partial charge in [0, 0.05) is 14.1 Å². The molecule has 136 valence electrons. The van der Waals surface area contributed by atoms with Gasteiger partial charge >= 0.3 is 0 Å². The molecule has 0 saturated carbocycles. The fourth-order valence-electron chi connectivity index (χ4n) is 1.96. The van der Waals surface area contributed by atoms with Gasteiger partial charge in [0.1, 0.15) is 5.75 Å². The number of anilines is 1. The number of nitrogens with one attached hydrogen (secondary N) is 1. The Morgan fingerprint density at radius 1 is 1.04 bits per heavy atom. The normalized spacial score (nSPS) is 11.0. The molecule has 0 aromatic heterocycles. The summed E-state index contributed by atoms with van der Waals surface area (Å²) in [5.74, 6) is -0.728. The minimum absolute atomic E-state index is 0.0111. The molecule has 0 unspecified atom stereocenters. The third-order valence-corrected chi connectivity index (χ3v) is 3.61. The first-order chi connectivity index (χ1) is 12.4. The maximum absolute atomic E-state index is 11.5. The van der Waals surface area contributed by atoms with Crippen LogP contribution in [0.25, 0.3) is 0 Å². The van der Waals surface area contributed by atoms with Crippen LogP contribution >= 0.6 is 0 Å². The standard InChI is InChI=1S/C19H21N3O4/c1-13(20-21-16-8-4-15(5-9-16)19(24)25)14-6-10-17(11-7-14)26-12-18(23)22(2)3/h4-11,21H,12H2,1-3H3,(H,24,25)/p-1/b20-13-. The van der Waals surface area contributed by atoms with Crippen molar-refractivity contribution in [1.82, 2.24) is 4.90 Å². The van der Waals surface area contributed by atoms with Crippen LogP contribution in [0, 0.1) is 0 Å². The lowest BCUT2D eigenvalue weighted by Crippen LogP contribution is -2.27. The van der Waals surface area contributed by atoms with Crippen LogP contribution in [0.5, 0.6) is 5.75 Å². The van der Waals surface area contributed by atoms with Crippen molar-refractivity contribution in [3.8, 4) is 5.75 Å². The molecule has 1 amide bonds. The average molecular weight is 354 g/mol. The maximum Gasteiger partial charge on any atom is 0.259 e. The Bertz CT molecular complexity index is 797. The van der Waals surface area contributed by atoms with Gasteiger partial charge in [-0.3, -0.25) is 10.2 Å². The molecule has 0 aliphatic carbocycles. The molecule has 0 heterocycles. The van der Waals surface area contributed by atoms with Crippen molar-refractivity contribution in [1.29, 1.82) is 0 Å². The van der Waals surface area contributed by atoms with E-state index in [0.717, 1.165) is 11.3 Å². The van der Waals surface area contributed by atoms with Crippen LogP contribution in [0.4, 0.5) is 5.69 Å². The highest BCUT2D eigenvalue weighted by Gasteiger charge is 2.05. The van der Waals surface area contributed by atoms with Crippen LogP contribution in [0.2, 0.25) is 0 Å². The number of nitrogens with zero attached hydrogens (tertiary/aromatic N) is 2. The van der Waals surface area contributed by atoms with E-state index in [-0.39, 0.29) is 18.1 Å². The van der Waals surface area contributed by atoms with Gasteiger partial charge in [-0.05, 0) is 54.4 Å². The highest BCUT2D eigenvalue weighted by atomic mass is 16.5.